The fraction of sp³-hybridized carbons (Fsp3) is 0.375. The van der Waals surface area contributed by atoms with Crippen LogP contribution in [0, 0.1) is 0 Å². The van der Waals surface area contributed by atoms with Crippen molar-refractivity contribution in [3.05, 3.63) is 22.2 Å². The third-order valence-electron chi connectivity index (χ3n) is 2.04. The summed E-state index contributed by atoms with van der Waals surface area (Å²) in [4.78, 5) is 25.8. The molecule has 1 N–H and O–H groups in total. The Morgan fingerprint density at radius 2 is 2.23 bits per heavy atom. The number of hydrogen-bond acceptors (Lipinski definition) is 3. The van der Waals surface area contributed by atoms with Gasteiger partial charge in [0.1, 0.15) is 5.82 Å². The quantitative estimate of drug-likeness (QED) is 0.592. The van der Waals surface area contributed by atoms with E-state index in [-0.39, 0.29) is 11.6 Å². The monoisotopic (exact) mass is 179 g/mol. The van der Waals surface area contributed by atoms with Gasteiger partial charge in [-0.05, 0) is 6.42 Å². The van der Waals surface area contributed by atoms with Gasteiger partial charge in [-0.3, -0.25) is 4.79 Å². The van der Waals surface area contributed by atoms with E-state index in [1.165, 1.54) is 4.57 Å². The minimum absolute atomic E-state index is 0.0757. The zero-order valence-corrected chi connectivity index (χ0v) is 7.20. The zero-order valence-electron chi connectivity index (χ0n) is 7.20. The van der Waals surface area contributed by atoms with E-state index in [2.05, 4.69) is 10.3 Å². The summed E-state index contributed by atoms with van der Waals surface area (Å²) < 4.78 is 1.41. The van der Waals surface area contributed by atoms with Crippen LogP contribution in [-0.2, 0) is 18.3 Å². The molecule has 0 aromatic carbocycles. The first kappa shape index (κ1) is 7.97. The van der Waals surface area contributed by atoms with Gasteiger partial charge in [-0.15, -0.1) is 0 Å². The fourth-order valence-electron chi connectivity index (χ4n) is 1.33. The van der Waals surface area contributed by atoms with Gasteiger partial charge in [0, 0.05) is 25.2 Å². The molecule has 1 aliphatic rings. The largest absolute Gasteiger partial charge is 0.349 e. The van der Waals surface area contributed by atoms with Crippen LogP contribution in [0.4, 0.5) is 5.82 Å². The lowest BCUT2D eigenvalue weighted by atomic mass is 10.1. The minimum Gasteiger partial charge on any atom is -0.310 e. The molecule has 2 heterocycles. The number of carbonyl (C=O) groups excluding carboxylic acids is 1. The maximum Gasteiger partial charge on any atom is 0.349 e. The highest BCUT2D eigenvalue weighted by Gasteiger charge is 2.16. The number of nitrogens with zero attached hydrogens (tertiary/aromatic N) is 2. The third kappa shape index (κ3) is 1.32. The van der Waals surface area contributed by atoms with E-state index < -0.39 is 0 Å². The highest BCUT2D eigenvalue weighted by Crippen LogP contribution is 2.16. The molecule has 13 heavy (non-hydrogen) atoms. The molecule has 0 aliphatic carbocycles. The average molecular weight is 179 g/mol. The van der Waals surface area contributed by atoms with Crippen molar-refractivity contribution in [1.82, 2.24) is 9.55 Å². The van der Waals surface area contributed by atoms with Crippen LogP contribution >= 0.6 is 0 Å². The van der Waals surface area contributed by atoms with Gasteiger partial charge in [0.05, 0.1) is 0 Å². The van der Waals surface area contributed by atoms with Crippen LogP contribution in [0.1, 0.15) is 12.0 Å². The molecule has 2 rings (SSSR count). The number of rotatable bonds is 0. The predicted molar refractivity (Wildman–Crippen MR) is 46.4 cm³/mol. The molecule has 1 aromatic rings. The van der Waals surface area contributed by atoms with Crippen molar-refractivity contribution >= 4 is 11.7 Å². The summed E-state index contributed by atoms with van der Waals surface area (Å²) in [5.41, 5.74) is 0.572. The number of aromatic nitrogens is 2. The first-order valence-corrected chi connectivity index (χ1v) is 4.03. The van der Waals surface area contributed by atoms with E-state index in [9.17, 15) is 9.59 Å². The van der Waals surface area contributed by atoms with Crippen molar-refractivity contribution in [2.24, 2.45) is 7.05 Å². The van der Waals surface area contributed by atoms with E-state index in [4.69, 9.17) is 0 Å². The Bertz CT molecular complexity index is 422. The van der Waals surface area contributed by atoms with Gasteiger partial charge in [0.25, 0.3) is 0 Å². The summed E-state index contributed by atoms with van der Waals surface area (Å²) in [6, 6.07) is 0. The second-order valence-corrected chi connectivity index (χ2v) is 3.06. The van der Waals surface area contributed by atoms with Crippen molar-refractivity contribution < 1.29 is 4.79 Å². The number of nitrogens with one attached hydrogen (secondary N) is 1. The van der Waals surface area contributed by atoms with Gasteiger partial charge in [0.15, 0.2) is 0 Å². The van der Waals surface area contributed by atoms with E-state index >= 15 is 0 Å². The summed E-state index contributed by atoms with van der Waals surface area (Å²) in [5, 5.41) is 2.56. The summed E-state index contributed by atoms with van der Waals surface area (Å²) in [5.74, 6) is 0.340. The first-order valence-electron chi connectivity index (χ1n) is 4.03. The standard InChI is InChI=1S/C8H9N3O2/c1-11-4-5-2-3-6(12)9-7(5)10-8(11)13/h4H,2-3H2,1H3,(H,9,10,12,13). The molecule has 0 radical (unpaired) electrons. The number of anilines is 1. The van der Waals surface area contributed by atoms with Crippen LogP contribution in [0.25, 0.3) is 0 Å². The van der Waals surface area contributed by atoms with E-state index in [0.717, 1.165) is 5.56 Å². The van der Waals surface area contributed by atoms with Gasteiger partial charge in [-0.25, -0.2) is 4.79 Å². The molecule has 0 atom stereocenters. The molecule has 0 saturated carbocycles. The van der Waals surface area contributed by atoms with Crippen molar-refractivity contribution in [2.45, 2.75) is 12.8 Å². The molecule has 0 spiro atoms. The van der Waals surface area contributed by atoms with Crippen LogP contribution in [0.5, 0.6) is 0 Å². The van der Waals surface area contributed by atoms with E-state index in [0.29, 0.717) is 18.7 Å². The van der Waals surface area contributed by atoms with E-state index in [1.54, 1.807) is 13.2 Å². The Morgan fingerprint density at radius 3 is 3.00 bits per heavy atom. The topological polar surface area (TPSA) is 64.0 Å². The number of aryl methyl sites for hydroxylation is 2. The molecular formula is C8H9N3O2. The normalized spacial score (nSPS) is 15.0. The van der Waals surface area contributed by atoms with Crippen molar-refractivity contribution in [2.75, 3.05) is 5.32 Å². The molecule has 0 saturated heterocycles. The van der Waals surface area contributed by atoms with Crippen molar-refractivity contribution in [1.29, 1.82) is 0 Å². The molecule has 0 fully saturated rings. The van der Waals surface area contributed by atoms with E-state index in [1.807, 2.05) is 0 Å². The van der Waals surface area contributed by atoms with Crippen LogP contribution in [-0.4, -0.2) is 15.5 Å². The lowest BCUT2D eigenvalue weighted by Gasteiger charge is -2.15. The summed E-state index contributed by atoms with van der Waals surface area (Å²) in [6.45, 7) is 0. The maximum atomic E-state index is 11.1. The summed E-state index contributed by atoms with van der Waals surface area (Å²) in [7, 11) is 1.64. The second kappa shape index (κ2) is 2.69. The van der Waals surface area contributed by atoms with Gasteiger partial charge in [0.2, 0.25) is 5.91 Å². The number of hydrogen-bond donors (Lipinski definition) is 1. The smallest absolute Gasteiger partial charge is 0.310 e. The highest BCUT2D eigenvalue weighted by molar-refractivity contribution is 5.92. The lowest BCUT2D eigenvalue weighted by molar-refractivity contribution is -0.116. The van der Waals surface area contributed by atoms with Gasteiger partial charge in [-0.2, -0.15) is 4.98 Å². The first-order chi connectivity index (χ1) is 6.16. The molecule has 0 unspecified atom stereocenters. The Labute approximate surface area is 74.4 Å². The molecule has 5 nitrogen and oxygen atoms in total. The highest BCUT2D eigenvalue weighted by atomic mass is 16.2. The van der Waals surface area contributed by atoms with Crippen LogP contribution in [0.2, 0.25) is 0 Å². The Morgan fingerprint density at radius 1 is 1.46 bits per heavy atom. The van der Waals surface area contributed by atoms with Gasteiger partial charge < -0.3 is 9.88 Å². The minimum atomic E-state index is -0.346. The Kier molecular flexibility index (Phi) is 1.65. The van der Waals surface area contributed by atoms with Crippen molar-refractivity contribution in [3.8, 4) is 0 Å². The third-order valence-corrected chi connectivity index (χ3v) is 2.04. The molecule has 1 amide bonds. The maximum absolute atomic E-state index is 11.1. The molecule has 68 valence electrons. The number of fused-ring (bicyclic) bond motifs is 1. The average Bonchev–Trinajstić information content (AvgIpc) is 2.08. The molecule has 0 bridgehead atoms. The number of amides is 1. The van der Waals surface area contributed by atoms with Crippen molar-refractivity contribution in [3.63, 3.8) is 0 Å². The molecule has 5 heteroatoms. The lowest BCUT2D eigenvalue weighted by Crippen LogP contribution is -2.27. The Hall–Kier alpha value is -1.65. The second-order valence-electron chi connectivity index (χ2n) is 3.06. The summed E-state index contributed by atoms with van der Waals surface area (Å²) >= 11 is 0. The predicted octanol–water partition coefficient (Wildman–Crippen LogP) is -0.335. The SMILES string of the molecule is Cn1cc2c(nc1=O)NC(=O)CC2. The Balaban J connectivity index is 2.55. The number of carbonyl (C=O) groups is 1. The fourth-order valence-corrected chi connectivity index (χ4v) is 1.33. The van der Waals surface area contributed by atoms with Crippen LogP contribution in [0.15, 0.2) is 11.0 Å². The zero-order chi connectivity index (χ0) is 9.42. The molecular weight excluding hydrogens is 170 g/mol. The van der Waals surface area contributed by atoms with Gasteiger partial charge in [-0.1, -0.05) is 0 Å². The molecule has 1 aromatic heterocycles. The van der Waals surface area contributed by atoms with Gasteiger partial charge >= 0.3 is 5.69 Å². The van der Waals surface area contributed by atoms with Crippen LogP contribution < -0.4 is 11.0 Å². The summed E-state index contributed by atoms with van der Waals surface area (Å²) in [6.07, 6.45) is 2.83. The van der Waals surface area contributed by atoms with Crippen LogP contribution in [0.3, 0.4) is 0 Å². The molecule has 1 aliphatic heterocycles.